The third-order valence-electron chi connectivity index (χ3n) is 4.54. The number of hydrogen-bond donors (Lipinski definition) is 1. The first kappa shape index (κ1) is 14.6. The molecule has 0 spiro atoms. The van der Waals surface area contributed by atoms with Gasteiger partial charge in [0.15, 0.2) is 0 Å². The Bertz CT molecular complexity index is 385. The van der Waals surface area contributed by atoms with Crippen molar-refractivity contribution < 1.29 is 8.42 Å². The van der Waals surface area contributed by atoms with E-state index in [9.17, 15) is 8.42 Å². The minimum Gasteiger partial charge on any atom is -0.311 e. The Balaban J connectivity index is 0.00000120. The van der Waals surface area contributed by atoms with Crippen molar-refractivity contribution in [2.24, 2.45) is 5.92 Å². The summed E-state index contributed by atoms with van der Waals surface area (Å²) < 4.78 is 26.1. The summed E-state index contributed by atoms with van der Waals surface area (Å²) in [5.41, 5.74) is 0. The molecule has 18 heavy (non-hydrogen) atoms. The van der Waals surface area contributed by atoms with Crippen molar-refractivity contribution in [2.45, 2.75) is 56.7 Å². The lowest BCUT2D eigenvalue weighted by atomic mass is 10.0. The molecule has 2 heterocycles. The molecule has 2 saturated heterocycles. The number of hydrogen-bond acceptors (Lipinski definition) is 3. The molecule has 4 nitrogen and oxygen atoms in total. The maximum Gasteiger partial charge on any atom is 0.214 e. The fourth-order valence-corrected chi connectivity index (χ4v) is 5.04. The number of sulfonamides is 1. The highest BCUT2D eigenvalue weighted by Crippen LogP contribution is 2.34. The lowest BCUT2D eigenvalue weighted by Crippen LogP contribution is -2.49. The van der Waals surface area contributed by atoms with Gasteiger partial charge in [0.1, 0.15) is 0 Å². The monoisotopic (exact) mass is 294 g/mol. The van der Waals surface area contributed by atoms with Gasteiger partial charge in [-0.2, -0.15) is 0 Å². The largest absolute Gasteiger partial charge is 0.311 e. The molecule has 106 valence electrons. The fourth-order valence-electron chi connectivity index (χ4n) is 3.25. The molecule has 6 heteroatoms. The summed E-state index contributed by atoms with van der Waals surface area (Å²) in [4.78, 5) is 0. The van der Waals surface area contributed by atoms with E-state index in [0.29, 0.717) is 23.8 Å². The molecule has 1 N–H and O–H groups in total. The van der Waals surface area contributed by atoms with Crippen molar-refractivity contribution >= 4 is 22.4 Å². The summed E-state index contributed by atoms with van der Waals surface area (Å²) in [6.07, 6.45) is 6.64. The summed E-state index contributed by atoms with van der Waals surface area (Å²) in [6, 6.07) is 1.34. The van der Waals surface area contributed by atoms with Crippen LogP contribution in [-0.2, 0) is 10.0 Å². The average molecular weight is 295 g/mol. The first-order valence-electron chi connectivity index (χ1n) is 6.76. The summed E-state index contributed by atoms with van der Waals surface area (Å²) >= 11 is 0. The van der Waals surface area contributed by atoms with Crippen LogP contribution < -0.4 is 5.32 Å². The predicted molar refractivity (Wildman–Crippen MR) is 74.5 cm³/mol. The molecule has 1 saturated carbocycles. The molecule has 3 aliphatic rings. The van der Waals surface area contributed by atoms with E-state index in [4.69, 9.17) is 0 Å². The van der Waals surface area contributed by atoms with Crippen LogP contribution in [0.5, 0.6) is 0 Å². The Hall–Kier alpha value is 0.160. The Morgan fingerprint density at radius 3 is 2.17 bits per heavy atom. The van der Waals surface area contributed by atoms with Gasteiger partial charge in [-0.15, -0.1) is 12.4 Å². The number of nitrogens with one attached hydrogen (secondary N) is 1. The number of rotatable bonds is 4. The van der Waals surface area contributed by atoms with Gasteiger partial charge in [-0.05, 0) is 44.4 Å². The SMILES string of the molecule is CN(C1CC2CCC(C1)N2)S(=O)(=O)CC1CC1.Cl. The number of fused-ring (bicyclic) bond motifs is 2. The van der Waals surface area contributed by atoms with Gasteiger partial charge in [0, 0.05) is 25.2 Å². The predicted octanol–water partition coefficient (Wildman–Crippen LogP) is 1.36. The molecule has 3 fully saturated rings. The summed E-state index contributed by atoms with van der Waals surface area (Å²) in [5.74, 6) is 0.823. The van der Waals surface area contributed by atoms with Crippen LogP contribution in [-0.4, -0.2) is 43.6 Å². The number of piperidine rings is 1. The maximum atomic E-state index is 12.2. The Labute approximate surface area is 116 Å². The fraction of sp³-hybridized carbons (Fsp3) is 1.00. The highest BCUT2D eigenvalue weighted by molar-refractivity contribution is 7.89. The van der Waals surface area contributed by atoms with Gasteiger partial charge in [-0.25, -0.2) is 12.7 Å². The second-order valence-electron chi connectivity index (χ2n) is 6.00. The molecule has 0 aromatic heterocycles. The van der Waals surface area contributed by atoms with E-state index in [1.165, 1.54) is 12.8 Å². The Morgan fingerprint density at radius 1 is 1.11 bits per heavy atom. The summed E-state index contributed by atoms with van der Waals surface area (Å²) in [5, 5.41) is 3.56. The van der Waals surface area contributed by atoms with Crippen LogP contribution in [0.25, 0.3) is 0 Å². The normalized spacial score (nSPS) is 35.6. The van der Waals surface area contributed by atoms with Crippen molar-refractivity contribution in [3.05, 3.63) is 0 Å². The van der Waals surface area contributed by atoms with Gasteiger partial charge in [0.25, 0.3) is 0 Å². The maximum absolute atomic E-state index is 12.2. The van der Waals surface area contributed by atoms with Gasteiger partial charge in [0.2, 0.25) is 10.0 Å². The van der Waals surface area contributed by atoms with Crippen LogP contribution in [0.1, 0.15) is 38.5 Å². The third kappa shape index (κ3) is 3.00. The molecular formula is C12H23ClN2O2S. The van der Waals surface area contributed by atoms with E-state index >= 15 is 0 Å². The molecule has 2 unspecified atom stereocenters. The first-order chi connectivity index (χ1) is 8.04. The molecule has 3 rings (SSSR count). The Morgan fingerprint density at radius 2 is 1.67 bits per heavy atom. The summed E-state index contributed by atoms with van der Waals surface area (Å²) in [6.45, 7) is 0. The highest BCUT2D eigenvalue weighted by Gasteiger charge is 2.39. The van der Waals surface area contributed by atoms with Gasteiger partial charge >= 0.3 is 0 Å². The van der Waals surface area contributed by atoms with Gasteiger partial charge in [-0.3, -0.25) is 0 Å². The van der Waals surface area contributed by atoms with Crippen molar-refractivity contribution in [3.63, 3.8) is 0 Å². The van der Waals surface area contributed by atoms with Gasteiger partial charge in [-0.1, -0.05) is 0 Å². The van der Waals surface area contributed by atoms with Crippen molar-refractivity contribution in [1.82, 2.24) is 9.62 Å². The zero-order chi connectivity index (χ0) is 12.0. The molecule has 1 aliphatic carbocycles. The molecule has 0 amide bonds. The van der Waals surface area contributed by atoms with E-state index in [2.05, 4.69) is 5.32 Å². The summed E-state index contributed by atoms with van der Waals surface area (Å²) in [7, 11) is -1.23. The second-order valence-corrected chi connectivity index (χ2v) is 8.07. The highest BCUT2D eigenvalue weighted by atomic mass is 35.5. The smallest absolute Gasteiger partial charge is 0.214 e. The molecule has 0 radical (unpaired) electrons. The molecular weight excluding hydrogens is 272 g/mol. The zero-order valence-corrected chi connectivity index (χ0v) is 12.5. The average Bonchev–Trinajstić information content (AvgIpc) is 3.02. The van der Waals surface area contributed by atoms with E-state index in [0.717, 1.165) is 25.7 Å². The standard InChI is InChI=1S/C12H22N2O2S.ClH/c1-14(17(15,16)8-9-2-3-9)12-6-10-4-5-11(7-12)13-10;/h9-13H,2-8H2,1H3;1H. The van der Waals surface area contributed by atoms with E-state index in [1.54, 1.807) is 11.4 Å². The van der Waals surface area contributed by atoms with E-state index in [1.807, 2.05) is 0 Å². The Kier molecular flexibility index (Phi) is 4.26. The molecule has 2 aliphatic heterocycles. The minimum absolute atomic E-state index is 0. The number of nitrogens with zero attached hydrogens (tertiary/aromatic N) is 1. The second kappa shape index (κ2) is 5.27. The molecule has 0 aromatic carbocycles. The lowest BCUT2D eigenvalue weighted by Gasteiger charge is -2.34. The quantitative estimate of drug-likeness (QED) is 0.852. The molecule has 0 aromatic rings. The van der Waals surface area contributed by atoms with Crippen LogP contribution in [0.4, 0.5) is 0 Å². The minimum atomic E-state index is -3.01. The van der Waals surface area contributed by atoms with E-state index in [-0.39, 0.29) is 18.4 Å². The van der Waals surface area contributed by atoms with Crippen molar-refractivity contribution in [1.29, 1.82) is 0 Å². The van der Waals surface area contributed by atoms with Crippen molar-refractivity contribution in [3.8, 4) is 0 Å². The van der Waals surface area contributed by atoms with Gasteiger partial charge < -0.3 is 5.32 Å². The van der Waals surface area contributed by atoms with Crippen LogP contribution >= 0.6 is 12.4 Å². The zero-order valence-electron chi connectivity index (χ0n) is 10.8. The molecule has 2 bridgehead atoms. The first-order valence-corrected chi connectivity index (χ1v) is 8.37. The lowest BCUT2D eigenvalue weighted by molar-refractivity contribution is 0.251. The van der Waals surface area contributed by atoms with Crippen LogP contribution in [0.15, 0.2) is 0 Å². The van der Waals surface area contributed by atoms with Crippen LogP contribution in [0.3, 0.4) is 0 Å². The van der Waals surface area contributed by atoms with Gasteiger partial charge in [0.05, 0.1) is 5.75 Å². The van der Waals surface area contributed by atoms with Crippen LogP contribution in [0, 0.1) is 5.92 Å². The third-order valence-corrected chi connectivity index (χ3v) is 6.61. The number of halogens is 1. The van der Waals surface area contributed by atoms with Crippen LogP contribution in [0.2, 0.25) is 0 Å². The van der Waals surface area contributed by atoms with E-state index < -0.39 is 10.0 Å². The molecule has 2 atom stereocenters. The van der Waals surface area contributed by atoms with Crippen molar-refractivity contribution in [2.75, 3.05) is 12.8 Å². The topological polar surface area (TPSA) is 49.4 Å².